The molecule has 2 rings (SSSR count). The van der Waals surface area contributed by atoms with Crippen LogP contribution in [0.15, 0.2) is 36.4 Å². The number of carbonyl (C=O) groups is 2. The zero-order valence-electron chi connectivity index (χ0n) is 16.9. The van der Waals surface area contributed by atoms with E-state index in [1.165, 1.54) is 31.2 Å². The zero-order valence-corrected chi connectivity index (χ0v) is 19.2. The fourth-order valence-corrected chi connectivity index (χ4v) is 4.40. The highest BCUT2D eigenvalue weighted by Crippen LogP contribution is 2.29. The van der Waals surface area contributed by atoms with E-state index in [0.717, 1.165) is 10.6 Å². The number of aryl methyl sites for hydroxylation is 1. The molecule has 0 saturated carbocycles. The van der Waals surface area contributed by atoms with Gasteiger partial charge in [-0.2, -0.15) is 0 Å². The Kier molecular flexibility index (Phi) is 7.74. The largest absolute Gasteiger partial charge is 0.462 e. The van der Waals surface area contributed by atoms with Crippen LogP contribution in [-0.2, 0) is 19.6 Å². The quantitative estimate of drug-likeness (QED) is 0.607. The van der Waals surface area contributed by atoms with E-state index in [-0.39, 0.29) is 22.9 Å². The molecule has 7 nitrogen and oxygen atoms in total. The van der Waals surface area contributed by atoms with Crippen molar-refractivity contribution in [1.82, 2.24) is 0 Å². The van der Waals surface area contributed by atoms with Crippen LogP contribution < -0.4 is 9.62 Å². The Hall–Kier alpha value is -2.29. The van der Waals surface area contributed by atoms with Gasteiger partial charge in [0.2, 0.25) is 15.9 Å². The first kappa shape index (κ1) is 24.0. The molecule has 0 saturated heterocycles. The van der Waals surface area contributed by atoms with Gasteiger partial charge in [0.15, 0.2) is 0 Å². The van der Waals surface area contributed by atoms with Crippen LogP contribution in [0, 0.1) is 6.92 Å². The molecule has 0 unspecified atom stereocenters. The lowest BCUT2D eigenvalue weighted by atomic mass is 10.1. The molecule has 0 spiro atoms. The van der Waals surface area contributed by atoms with E-state index in [9.17, 15) is 18.0 Å². The summed E-state index contributed by atoms with van der Waals surface area (Å²) in [6.07, 6.45) is 1.01. The standard InChI is InChI=1S/C20H22Cl2N2O5S/c1-5-29-20(26)16-11-15(8-9-17(16)22)23-19(25)13(3)24(30(4,27)28)18-10-14(21)7-6-12(18)2/h6-11,13H,5H2,1-4H3,(H,23,25)/t13-/m1/s1. The first-order chi connectivity index (χ1) is 14.0. The Labute approximate surface area is 186 Å². The number of benzene rings is 2. The highest BCUT2D eigenvalue weighted by atomic mass is 35.5. The fourth-order valence-electron chi connectivity index (χ4n) is 2.82. The SMILES string of the molecule is CCOC(=O)c1cc(NC(=O)[C@@H](C)N(c2cc(Cl)ccc2C)S(C)(=O)=O)ccc1Cl. The number of nitrogens with zero attached hydrogens (tertiary/aromatic N) is 1. The van der Waals surface area contributed by atoms with Crippen molar-refractivity contribution in [2.24, 2.45) is 0 Å². The van der Waals surface area contributed by atoms with Crippen LogP contribution in [0.4, 0.5) is 11.4 Å². The zero-order chi connectivity index (χ0) is 22.6. The van der Waals surface area contributed by atoms with E-state index in [2.05, 4.69) is 5.32 Å². The molecule has 1 N–H and O–H groups in total. The number of halogens is 2. The van der Waals surface area contributed by atoms with E-state index in [0.29, 0.717) is 16.3 Å². The van der Waals surface area contributed by atoms with Gasteiger partial charge < -0.3 is 10.1 Å². The molecule has 0 aliphatic heterocycles. The van der Waals surface area contributed by atoms with Crippen LogP contribution in [0.2, 0.25) is 10.0 Å². The Morgan fingerprint density at radius 2 is 1.83 bits per heavy atom. The number of ether oxygens (including phenoxy) is 1. The van der Waals surface area contributed by atoms with Crippen LogP contribution in [0.25, 0.3) is 0 Å². The number of amides is 1. The highest BCUT2D eigenvalue weighted by Gasteiger charge is 2.30. The van der Waals surface area contributed by atoms with Crippen molar-refractivity contribution in [3.05, 3.63) is 57.6 Å². The second-order valence-electron chi connectivity index (χ2n) is 6.57. The Balaban J connectivity index is 2.36. The van der Waals surface area contributed by atoms with Crippen LogP contribution in [0.5, 0.6) is 0 Å². The smallest absolute Gasteiger partial charge is 0.339 e. The minimum Gasteiger partial charge on any atom is -0.462 e. The molecule has 0 aromatic heterocycles. The average Bonchev–Trinajstić information content (AvgIpc) is 2.65. The van der Waals surface area contributed by atoms with Gasteiger partial charge in [-0.1, -0.05) is 29.3 Å². The number of sulfonamides is 1. The second-order valence-corrected chi connectivity index (χ2v) is 9.27. The summed E-state index contributed by atoms with van der Waals surface area (Å²) in [4.78, 5) is 24.9. The van der Waals surface area contributed by atoms with Crippen molar-refractivity contribution in [3.8, 4) is 0 Å². The summed E-state index contributed by atoms with van der Waals surface area (Å²) in [7, 11) is -3.81. The summed E-state index contributed by atoms with van der Waals surface area (Å²) in [6, 6.07) is 8.03. The van der Waals surface area contributed by atoms with E-state index in [4.69, 9.17) is 27.9 Å². The summed E-state index contributed by atoms with van der Waals surface area (Å²) in [5.41, 5.74) is 1.31. The number of rotatable bonds is 7. The highest BCUT2D eigenvalue weighted by molar-refractivity contribution is 7.92. The molecule has 1 amide bonds. The van der Waals surface area contributed by atoms with E-state index < -0.39 is 27.9 Å². The molecule has 0 fully saturated rings. The van der Waals surface area contributed by atoms with Gasteiger partial charge in [0, 0.05) is 10.7 Å². The number of esters is 1. The summed E-state index contributed by atoms with van der Waals surface area (Å²) in [6.45, 7) is 5.01. The third kappa shape index (κ3) is 5.65. The molecule has 2 aromatic carbocycles. The number of carbonyl (C=O) groups excluding carboxylic acids is 2. The molecule has 10 heteroatoms. The van der Waals surface area contributed by atoms with E-state index >= 15 is 0 Å². The molecule has 1 atom stereocenters. The molecule has 162 valence electrons. The van der Waals surface area contributed by atoms with Gasteiger partial charge >= 0.3 is 5.97 Å². The maximum absolute atomic E-state index is 12.9. The van der Waals surface area contributed by atoms with Crippen molar-refractivity contribution in [2.45, 2.75) is 26.8 Å². The maximum Gasteiger partial charge on any atom is 0.339 e. The van der Waals surface area contributed by atoms with E-state index in [1.54, 1.807) is 26.0 Å². The molecule has 30 heavy (non-hydrogen) atoms. The molecular formula is C20H22Cl2N2O5S. The minimum absolute atomic E-state index is 0.0922. The van der Waals surface area contributed by atoms with Crippen LogP contribution in [0.3, 0.4) is 0 Å². The third-order valence-electron chi connectivity index (χ3n) is 4.23. The first-order valence-electron chi connectivity index (χ1n) is 8.98. The van der Waals surface area contributed by atoms with Crippen molar-refractivity contribution in [2.75, 3.05) is 22.5 Å². The predicted molar refractivity (Wildman–Crippen MR) is 119 cm³/mol. The van der Waals surface area contributed by atoms with Gasteiger partial charge in [-0.15, -0.1) is 0 Å². The predicted octanol–water partition coefficient (Wildman–Crippen LogP) is 4.27. The number of hydrogen-bond acceptors (Lipinski definition) is 5. The van der Waals surface area contributed by atoms with Crippen molar-refractivity contribution < 1.29 is 22.7 Å². The lowest BCUT2D eigenvalue weighted by Gasteiger charge is -2.29. The molecule has 0 radical (unpaired) electrons. The summed E-state index contributed by atoms with van der Waals surface area (Å²) >= 11 is 12.1. The Morgan fingerprint density at radius 1 is 1.17 bits per heavy atom. The van der Waals surface area contributed by atoms with Gasteiger partial charge in [-0.3, -0.25) is 9.10 Å². The maximum atomic E-state index is 12.9. The number of anilines is 2. The lowest BCUT2D eigenvalue weighted by molar-refractivity contribution is -0.116. The third-order valence-corrected chi connectivity index (χ3v) is 6.02. The van der Waals surface area contributed by atoms with Crippen LogP contribution in [-0.4, -0.2) is 39.2 Å². The first-order valence-corrected chi connectivity index (χ1v) is 11.6. The summed E-state index contributed by atoms with van der Waals surface area (Å²) in [5.74, 6) is -1.23. The minimum atomic E-state index is -3.81. The molecule has 0 aliphatic rings. The molecular weight excluding hydrogens is 451 g/mol. The van der Waals surface area contributed by atoms with Crippen molar-refractivity contribution >= 4 is 56.5 Å². The normalized spacial score (nSPS) is 12.2. The Morgan fingerprint density at radius 3 is 2.43 bits per heavy atom. The van der Waals surface area contributed by atoms with Crippen LogP contribution in [0.1, 0.15) is 29.8 Å². The average molecular weight is 473 g/mol. The second kappa shape index (κ2) is 9.68. The lowest BCUT2D eigenvalue weighted by Crippen LogP contribution is -2.45. The number of hydrogen-bond donors (Lipinski definition) is 1. The topological polar surface area (TPSA) is 92.8 Å². The summed E-state index contributed by atoms with van der Waals surface area (Å²) in [5, 5.41) is 3.13. The summed E-state index contributed by atoms with van der Waals surface area (Å²) < 4.78 is 30.9. The van der Waals surface area contributed by atoms with Crippen LogP contribution >= 0.6 is 23.2 Å². The van der Waals surface area contributed by atoms with Gasteiger partial charge in [0.25, 0.3) is 0 Å². The molecule has 2 aromatic rings. The fraction of sp³-hybridized carbons (Fsp3) is 0.300. The van der Waals surface area contributed by atoms with E-state index in [1.807, 2.05) is 0 Å². The van der Waals surface area contributed by atoms with Gasteiger partial charge in [0.1, 0.15) is 6.04 Å². The molecule has 0 bridgehead atoms. The monoisotopic (exact) mass is 472 g/mol. The molecule has 0 aliphatic carbocycles. The molecule has 0 heterocycles. The number of nitrogens with one attached hydrogen (secondary N) is 1. The van der Waals surface area contributed by atoms with Crippen molar-refractivity contribution in [1.29, 1.82) is 0 Å². The van der Waals surface area contributed by atoms with Crippen molar-refractivity contribution in [3.63, 3.8) is 0 Å². The Bertz CT molecular complexity index is 1070. The van der Waals surface area contributed by atoms with Gasteiger partial charge in [-0.25, -0.2) is 13.2 Å². The van der Waals surface area contributed by atoms with Gasteiger partial charge in [0.05, 0.1) is 29.1 Å². The van der Waals surface area contributed by atoms with Gasteiger partial charge in [-0.05, 0) is 56.7 Å².